The number of thiophene rings is 1. The lowest BCUT2D eigenvalue weighted by molar-refractivity contribution is 1.18. The minimum absolute atomic E-state index is 1.18. The van der Waals surface area contributed by atoms with Crippen LogP contribution in [0, 0.1) is 0 Å². The largest absolute Gasteiger partial charge is 0.354 e. The molecule has 0 saturated heterocycles. The normalized spacial score (nSPS) is 12.1. The molecular formula is C36H22N2S. The predicted molar refractivity (Wildman–Crippen MR) is 168 cm³/mol. The van der Waals surface area contributed by atoms with Crippen LogP contribution < -0.4 is 0 Å². The molecule has 0 aliphatic carbocycles. The Hall–Kier alpha value is -4.86. The first-order chi connectivity index (χ1) is 19.3. The topological polar surface area (TPSA) is 20.7 Å². The van der Waals surface area contributed by atoms with Crippen molar-refractivity contribution in [1.82, 2.24) is 9.55 Å². The smallest absolute Gasteiger partial charge is 0.0559 e. The number of nitrogens with zero attached hydrogens (tertiary/aromatic N) is 1. The van der Waals surface area contributed by atoms with Crippen molar-refractivity contribution in [3.05, 3.63) is 127 Å². The van der Waals surface area contributed by atoms with Crippen LogP contribution in [0.2, 0.25) is 0 Å². The van der Waals surface area contributed by atoms with Crippen molar-refractivity contribution in [3.8, 4) is 16.8 Å². The number of nitrogens with one attached hydrogen (secondary N) is 1. The van der Waals surface area contributed by atoms with Gasteiger partial charge in [-0.05, 0) is 54.1 Å². The zero-order valence-corrected chi connectivity index (χ0v) is 21.8. The molecule has 3 heteroatoms. The summed E-state index contributed by atoms with van der Waals surface area (Å²) in [5.41, 5.74) is 8.60. The van der Waals surface area contributed by atoms with Crippen LogP contribution in [-0.4, -0.2) is 9.55 Å². The van der Waals surface area contributed by atoms with E-state index in [1.807, 2.05) is 11.3 Å². The van der Waals surface area contributed by atoms with E-state index in [0.717, 1.165) is 0 Å². The minimum atomic E-state index is 1.18. The van der Waals surface area contributed by atoms with Gasteiger partial charge in [-0.25, -0.2) is 0 Å². The fourth-order valence-electron chi connectivity index (χ4n) is 6.41. The third kappa shape index (κ3) is 2.91. The van der Waals surface area contributed by atoms with Crippen LogP contribution in [0.15, 0.2) is 127 Å². The SMILES string of the molecule is c1ccc(-n2c3ccccc3c3cc(-c4cc5c6ccccc6[nH]c5c5c4sc4ccccc45)ccc32)cc1. The molecular weight excluding hydrogens is 492 g/mol. The molecule has 6 aromatic carbocycles. The van der Waals surface area contributed by atoms with Crippen LogP contribution in [0.25, 0.3) is 80.6 Å². The maximum atomic E-state index is 3.76. The summed E-state index contributed by atoms with van der Waals surface area (Å²) in [5, 5.41) is 7.75. The van der Waals surface area contributed by atoms with Crippen molar-refractivity contribution in [3.63, 3.8) is 0 Å². The van der Waals surface area contributed by atoms with Crippen LogP contribution in [0.4, 0.5) is 0 Å². The number of para-hydroxylation sites is 3. The summed E-state index contributed by atoms with van der Waals surface area (Å²) in [4.78, 5) is 3.76. The zero-order chi connectivity index (χ0) is 25.5. The monoisotopic (exact) mass is 514 g/mol. The molecule has 182 valence electrons. The second-order valence-corrected chi connectivity index (χ2v) is 11.3. The van der Waals surface area contributed by atoms with E-state index in [9.17, 15) is 0 Å². The fraction of sp³-hybridized carbons (Fsp3) is 0. The van der Waals surface area contributed by atoms with Crippen molar-refractivity contribution < 1.29 is 0 Å². The van der Waals surface area contributed by atoms with Gasteiger partial charge in [0.25, 0.3) is 0 Å². The maximum Gasteiger partial charge on any atom is 0.0559 e. The maximum absolute atomic E-state index is 3.76. The van der Waals surface area contributed by atoms with Crippen LogP contribution in [0.5, 0.6) is 0 Å². The predicted octanol–water partition coefficient (Wildman–Crippen LogP) is 10.5. The number of hydrogen-bond acceptors (Lipinski definition) is 1. The number of aromatic amines is 1. The highest BCUT2D eigenvalue weighted by Crippen LogP contribution is 2.46. The molecule has 0 atom stereocenters. The van der Waals surface area contributed by atoms with Crippen LogP contribution in [0.1, 0.15) is 0 Å². The first-order valence-corrected chi connectivity index (χ1v) is 14.1. The average molecular weight is 515 g/mol. The molecule has 3 heterocycles. The molecule has 0 bridgehead atoms. The van der Waals surface area contributed by atoms with Gasteiger partial charge >= 0.3 is 0 Å². The molecule has 3 aromatic heterocycles. The molecule has 1 N–H and O–H groups in total. The zero-order valence-electron chi connectivity index (χ0n) is 21.0. The Labute approximate surface area is 228 Å². The quantitative estimate of drug-likeness (QED) is 0.237. The van der Waals surface area contributed by atoms with E-state index in [2.05, 4.69) is 137 Å². The molecule has 0 spiro atoms. The van der Waals surface area contributed by atoms with Crippen molar-refractivity contribution in [2.24, 2.45) is 0 Å². The van der Waals surface area contributed by atoms with Crippen molar-refractivity contribution in [2.75, 3.05) is 0 Å². The Bertz CT molecular complexity index is 2390. The van der Waals surface area contributed by atoms with Gasteiger partial charge in [-0.1, -0.05) is 78.9 Å². The third-order valence-corrected chi connectivity index (χ3v) is 9.33. The molecule has 0 saturated carbocycles. The molecule has 0 radical (unpaired) electrons. The van der Waals surface area contributed by atoms with E-state index in [1.165, 1.54) is 80.6 Å². The first kappa shape index (κ1) is 21.1. The first-order valence-electron chi connectivity index (χ1n) is 13.3. The lowest BCUT2D eigenvalue weighted by Gasteiger charge is -2.09. The van der Waals surface area contributed by atoms with Crippen LogP contribution in [-0.2, 0) is 0 Å². The molecule has 39 heavy (non-hydrogen) atoms. The second-order valence-electron chi connectivity index (χ2n) is 10.2. The lowest BCUT2D eigenvalue weighted by Crippen LogP contribution is -1.92. The van der Waals surface area contributed by atoms with Gasteiger partial charge in [-0.2, -0.15) is 0 Å². The van der Waals surface area contributed by atoms with Gasteiger partial charge in [0.15, 0.2) is 0 Å². The Morgan fingerprint density at radius 3 is 2.15 bits per heavy atom. The van der Waals surface area contributed by atoms with E-state index in [-0.39, 0.29) is 0 Å². The summed E-state index contributed by atoms with van der Waals surface area (Å²) in [7, 11) is 0. The number of H-pyrrole nitrogens is 1. The van der Waals surface area contributed by atoms with E-state index < -0.39 is 0 Å². The lowest BCUT2D eigenvalue weighted by atomic mass is 9.97. The number of hydrogen-bond donors (Lipinski definition) is 1. The van der Waals surface area contributed by atoms with Gasteiger partial charge in [0.1, 0.15) is 0 Å². The van der Waals surface area contributed by atoms with E-state index in [0.29, 0.717) is 0 Å². The highest BCUT2D eigenvalue weighted by atomic mass is 32.1. The highest BCUT2D eigenvalue weighted by molar-refractivity contribution is 7.26. The third-order valence-electron chi connectivity index (χ3n) is 8.12. The summed E-state index contributed by atoms with van der Waals surface area (Å²) in [5.74, 6) is 0. The van der Waals surface area contributed by atoms with E-state index in [1.54, 1.807) is 0 Å². The second kappa shape index (κ2) is 7.83. The van der Waals surface area contributed by atoms with Gasteiger partial charge in [0, 0.05) is 58.5 Å². The number of benzene rings is 6. The van der Waals surface area contributed by atoms with Crippen molar-refractivity contribution in [1.29, 1.82) is 0 Å². The standard InChI is InChI=1S/C36H22N2S/c1-2-10-23(11-3-1)38-31-16-8-5-13-25(31)28-20-22(18-19-32(28)38)27-21-29-24-12-4-7-15-30(24)37-35(29)34-26-14-6-9-17-33(26)39-36(27)34/h1-21,37H. The van der Waals surface area contributed by atoms with Gasteiger partial charge < -0.3 is 9.55 Å². The number of aromatic nitrogens is 2. The van der Waals surface area contributed by atoms with E-state index >= 15 is 0 Å². The van der Waals surface area contributed by atoms with Crippen molar-refractivity contribution in [2.45, 2.75) is 0 Å². The van der Waals surface area contributed by atoms with Gasteiger partial charge in [-0.15, -0.1) is 11.3 Å². The fourth-order valence-corrected chi connectivity index (χ4v) is 7.66. The molecule has 0 aliphatic rings. The van der Waals surface area contributed by atoms with Crippen LogP contribution >= 0.6 is 11.3 Å². The Kier molecular flexibility index (Phi) is 4.24. The molecule has 9 rings (SSSR count). The molecule has 9 aromatic rings. The van der Waals surface area contributed by atoms with Gasteiger partial charge in [-0.3, -0.25) is 0 Å². The van der Waals surface area contributed by atoms with Gasteiger partial charge in [0.2, 0.25) is 0 Å². The minimum Gasteiger partial charge on any atom is -0.354 e. The number of fused-ring (bicyclic) bond motifs is 10. The van der Waals surface area contributed by atoms with Gasteiger partial charge in [0.05, 0.1) is 16.6 Å². The van der Waals surface area contributed by atoms with E-state index in [4.69, 9.17) is 0 Å². The summed E-state index contributed by atoms with van der Waals surface area (Å²) in [6, 6.07) is 46.3. The summed E-state index contributed by atoms with van der Waals surface area (Å²) < 4.78 is 5.04. The average Bonchev–Trinajstić information content (AvgIpc) is 3.66. The molecule has 0 unspecified atom stereocenters. The summed E-state index contributed by atoms with van der Waals surface area (Å²) >= 11 is 1.89. The molecule has 0 aliphatic heterocycles. The van der Waals surface area contributed by atoms with Crippen molar-refractivity contribution >= 4 is 75.1 Å². The Morgan fingerprint density at radius 2 is 1.26 bits per heavy atom. The highest BCUT2D eigenvalue weighted by Gasteiger charge is 2.19. The number of rotatable bonds is 2. The summed E-state index contributed by atoms with van der Waals surface area (Å²) in [6.45, 7) is 0. The Balaban J connectivity index is 1.41. The molecule has 0 fully saturated rings. The Morgan fingerprint density at radius 1 is 0.538 bits per heavy atom. The molecule has 0 amide bonds. The molecule has 2 nitrogen and oxygen atoms in total. The summed E-state index contributed by atoms with van der Waals surface area (Å²) in [6.07, 6.45) is 0. The van der Waals surface area contributed by atoms with Crippen LogP contribution in [0.3, 0.4) is 0 Å².